The quantitative estimate of drug-likeness (QED) is 0.0226. The SMILES string of the molecule is C/C=C(\NC(=O)c1csc(CNC(=O)OC(C)(C)C)n1)C(=O)N[C@@H](Cc1ccccc1)C(=O)O[C@H](/C=C/CCSC(=O)CCCCCCC)CC(=O)OCC[SiH](C)C. The van der Waals surface area contributed by atoms with Crippen LogP contribution in [0.4, 0.5) is 4.79 Å². The molecular weight excluding hydrogens is 797 g/mol. The highest BCUT2D eigenvalue weighted by Gasteiger charge is 2.28. The number of unbranched alkanes of at least 4 members (excludes halogenated alkanes) is 4. The number of nitrogens with one attached hydrogen (secondary N) is 3. The first kappa shape index (κ1) is 49.9. The van der Waals surface area contributed by atoms with E-state index in [1.165, 1.54) is 29.6 Å². The van der Waals surface area contributed by atoms with E-state index >= 15 is 0 Å². The molecular formula is C42H62N4O9S2Si. The van der Waals surface area contributed by atoms with Crippen LogP contribution in [-0.2, 0) is 46.4 Å². The largest absolute Gasteiger partial charge is 0.466 e. The van der Waals surface area contributed by atoms with Crippen LogP contribution in [0, 0.1) is 0 Å². The number of alkyl carbamates (subject to hydrolysis) is 1. The molecule has 1 aromatic heterocycles. The lowest BCUT2D eigenvalue weighted by molar-refractivity contribution is -0.155. The molecule has 0 spiro atoms. The number of allylic oxidation sites excluding steroid dienone is 2. The Morgan fingerprint density at radius 2 is 1.74 bits per heavy atom. The van der Waals surface area contributed by atoms with Crippen LogP contribution >= 0.6 is 23.1 Å². The number of carbonyl (C=O) groups is 6. The van der Waals surface area contributed by atoms with Gasteiger partial charge in [0, 0.05) is 32.8 Å². The van der Waals surface area contributed by atoms with Gasteiger partial charge in [-0.05, 0) is 58.2 Å². The summed E-state index contributed by atoms with van der Waals surface area (Å²) in [6.45, 7) is 13.6. The van der Waals surface area contributed by atoms with Crippen LogP contribution < -0.4 is 16.0 Å². The molecule has 0 radical (unpaired) electrons. The summed E-state index contributed by atoms with van der Waals surface area (Å²) in [6, 6.07) is 8.67. The standard InChI is InChI=1S/C42H62N4O9S2Si/c1-8-10-11-12-16-22-37(48)56-24-18-17-21-31(27-36(47)53-23-25-58(6)7)54-40(51)33(26-30-19-14-13-15-20-30)46-38(49)32(9-2)45-39(50)34-29-57-35(44-34)28-43-41(52)55-42(3,4)5/h9,13-15,17,19-21,29,31,33,58H,8,10-12,16,18,22-28H2,1-7H3,(H,43,52)(H,45,50)(H,46,49)/b21-17+,32-9-/t31-,33+/m1/s1. The van der Waals surface area contributed by atoms with Crippen LogP contribution in [-0.4, -0.2) is 78.8 Å². The van der Waals surface area contributed by atoms with Crippen molar-refractivity contribution in [1.29, 1.82) is 0 Å². The third-order valence-electron chi connectivity index (χ3n) is 8.20. The van der Waals surface area contributed by atoms with Crippen molar-refractivity contribution in [2.45, 2.75) is 136 Å². The molecule has 0 saturated heterocycles. The van der Waals surface area contributed by atoms with Crippen LogP contribution in [0.15, 0.2) is 59.6 Å². The summed E-state index contributed by atoms with van der Waals surface area (Å²) < 4.78 is 16.5. The second-order valence-electron chi connectivity index (χ2n) is 15.0. The van der Waals surface area contributed by atoms with Gasteiger partial charge in [0.25, 0.3) is 11.8 Å². The lowest BCUT2D eigenvalue weighted by Crippen LogP contribution is -2.47. The molecule has 0 saturated carbocycles. The Bertz CT molecular complexity index is 1680. The molecule has 16 heteroatoms. The van der Waals surface area contributed by atoms with Gasteiger partial charge in [-0.3, -0.25) is 19.2 Å². The second kappa shape index (κ2) is 27.4. The van der Waals surface area contributed by atoms with Crippen molar-refractivity contribution in [3.63, 3.8) is 0 Å². The topological polar surface area (TPSA) is 179 Å². The Balaban J connectivity index is 2.14. The molecule has 2 rings (SSSR count). The predicted molar refractivity (Wildman–Crippen MR) is 232 cm³/mol. The van der Waals surface area contributed by atoms with Crippen molar-refractivity contribution in [3.05, 3.63) is 75.9 Å². The normalized spacial score (nSPS) is 12.8. The highest BCUT2D eigenvalue weighted by atomic mass is 32.2. The van der Waals surface area contributed by atoms with Crippen molar-refractivity contribution in [2.24, 2.45) is 0 Å². The van der Waals surface area contributed by atoms with Crippen molar-refractivity contribution in [3.8, 4) is 0 Å². The van der Waals surface area contributed by atoms with Gasteiger partial charge in [0.2, 0.25) is 0 Å². The number of esters is 2. The minimum absolute atomic E-state index is 0.0285. The van der Waals surface area contributed by atoms with E-state index in [0.717, 1.165) is 48.6 Å². The van der Waals surface area contributed by atoms with Crippen molar-refractivity contribution < 1.29 is 43.0 Å². The summed E-state index contributed by atoms with van der Waals surface area (Å²) in [5.74, 6) is -2.17. The molecule has 1 aromatic carbocycles. The van der Waals surface area contributed by atoms with Crippen molar-refractivity contribution in [1.82, 2.24) is 20.9 Å². The Hall–Kier alpha value is -4.28. The van der Waals surface area contributed by atoms with Gasteiger partial charge in [-0.1, -0.05) is 99.9 Å². The summed E-state index contributed by atoms with van der Waals surface area (Å²) in [6.07, 6.45) is 9.47. The molecule has 0 unspecified atom stereocenters. The van der Waals surface area contributed by atoms with E-state index in [-0.39, 0.29) is 35.9 Å². The molecule has 0 fully saturated rings. The fourth-order valence-electron chi connectivity index (χ4n) is 5.13. The fourth-order valence-corrected chi connectivity index (χ4v) is 7.20. The Morgan fingerprint density at radius 1 is 1.02 bits per heavy atom. The van der Waals surface area contributed by atoms with Gasteiger partial charge >= 0.3 is 18.0 Å². The highest BCUT2D eigenvalue weighted by Crippen LogP contribution is 2.16. The summed E-state index contributed by atoms with van der Waals surface area (Å²) in [5.41, 5.74) is -0.0317. The molecule has 0 aliphatic heterocycles. The van der Waals surface area contributed by atoms with E-state index in [0.29, 0.717) is 30.2 Å². The summed E-state index contributed by atoms with van der Waals surface area (Å²) in [4.78, 5) is 82.0. The number of thioether (sulfide) groups is 1. The molecule has 2 aromatic rings. The van der Waals surface area contributed by atoms with Gasteiger partial charge in [0.1, 0.15) is 34.1 Å². The number of amides is 3. The molecule has 0 aliphatic rings. The van der Waals surface area contributed by atoms with Gasteiger partial charge in [-0.15, -0.1) is 11.3 Å². The van der Waals surface area contributed by atoms with Gasteiger partial charge in [0.05, 0.1) is 19.6 Å². The molecule has 13 nitrogen and oxygen atoms in total. The van der Waals surface area contributed by atoms with Crippen LogP contribution in [0.5, 0.6) is 0 Å². The molecule has 320 valence electrons. The molecule has 0 bridgehead atoms. The average molecular weight is 859 g/mol. The lowest BCUT2D eigenvalue weighted by atomic mass is 10.1. The molecule has 3 N–H and O–H groups in total. The third-order valence-corrected chi connectivity index (χ3v) is 11.4. The first-order valence-corrected chi connectivity index (χ1v) is 25.0. The number of carbonyl (C=O) groups excluding carboxylic acids is 6. The molecule has 1 heterocycles. The van der Waals surface area contributed by atoms with Gasteiger partial charge < -0.3 is 30.2 Å². The van der Waals surface area contributed by atoms with Crippen LogP contribution in [0.1, 0.15) is 107 Å². The zero-order valence-corrected chi connectivity index (χ0v) is 37.8. The number of ether oxygens (including phenoxy) is 3. The molecule has 0 aliphatic carbocycles. The highest BCUT2D eigenvalue weighted by molar-refractivity contribution is 8.13. The Kier molecular flexibility index (Phi) is 23.6. The van der Waals surface area contributed by atoms with E-state index < -0.39 is 56.4 Å². The van der Waals surface area contributed by atoms with E-state index in [1.807, 2.05) is 6.07 Å². The number of thiazole rings is 1. The monoisotopic (exact) mass is 858 g/mol. The number of aromatic nitrogens is 1. The number of hydrogen-bond donors (Lipinski definition) is 3. The molecule has 58 heavy (non-hydrogen) atoms. The average Bonchev–Trinajstić information content (AvgIpc) is 3.64. The fraction of sp³-hybridized carbons (Fsp3) is 0.548. The number of nitrogens with zero attached hydrogens (tertiary/aromatic N) is 1. The first-order valence-electron chi connectivity index (χ1n) is 20.0. The van der Waals surface area contributed by atoms with Crippen LogP contribution in [0.3, 0.4) is 0 Å². The van der Waals surface area contributed by atoms with E-state index in [1.54, 1.807) is 64.1 Å². The first-order chi connectivity index (χ1) is 27.6. The molecule has 3 amide bonds. The number of rotatable bonds is 25. The predicted octanol–water partition coefficient (Wildman–Crippen LogP) is 7.43. The van der Waals surface area contributed by atoms with Crippen molar-refractivity contribution >= 4 is 66.9 Å². The van der Waals surface area contributed by atoms with E-state index in [2.05, 4.69) is 41.0 Å². The summed E-state index contributed by atoms with van der Waals surface area (Å²) >= 11 is 2.42. The van der Waals surface area contributed by atoms with Crippen LogP contribution in [0.2, 0.25) is 19.1 Å². The minimum atomic E-state index is -1.20. The van der Waals surface area contributed by atoms with Crippen molar-refractivity contribution in [2.75, 3.05) is 12.4 Å². The third kappa shape index (κ3) is 22.0. The molecule has 2 atom stereocenters. The number of benzene rings is 1. The maximum atomic E-state index is 13.8. The van der Waals surface area contributed by atoms with Crippen LogP contribution in [0.25, 0.3) is 0 Å². The summed E-state index contributed by atoms with van der Waals surface area (Å²) in [7, 11) is -0.948. The van der Waals surface area contributed by atoms with Gasteiger partial charge in [-0.25, -0.2) is 14.6 Å². The Morgan fingerprint density at radius 3 is 2.41 bits per heavy atom. The summed E-state index contributed by atoms with van der Waals surface area (Å²) in [5, 5.41) is 9.94. The van der Waals surface area contributed by atoms with E-state index in [4.69, 9.17) is 14.2 Å². The number of hydrogen-bond acceptors (Lipinski definition) is 12. The second-order valence-corrected chi connectivity index (χ2v) is 20.5. The zero-order valence-electron chi connectivity index (χ0n) is 35.1. The minimum Gasteiger partial charge on any atom is -0.466 e. The zero-order chi connectivity index (χ0) is 42.9. The smallest absolute Gasteiger partial charge is 0.408 e. The maximum absolute atomic E-state index is 13.8. The van der Waals surface area contributed by atoms with Gasteiger partial charge in [-0.2, -0.15) is 0 Å². The lowest BCUT2D eigenvalue weighted by Gasteiger charge is -2.22. The Labute approximate surface area is 353 Å². The maximum Gasteiger partial charge on any atom is 0.408 e. The van der Waals surface area contributed by atoms with Gasteiger partial charge in [0.15, 0.2) is 5.12 Å². The van der Waals surface area contributed by atoms with E-state index in [9.17, 15) is 28.8 Å².